The smallest absolute Gasteiger partial charge is 0.290 e. The van der Waals surface area contributed by atoms with Gasteiger partial charge in [-0.25, -0.2) is 4.39 Å². The third kappa shape index (κ3) is 8.45. The molecule has 4 N–H and O–H groups in total. The van der Waals surface area contributed by atoms with Gasteiger partial charge in [0.05, 0.1) is 13.2 Å². The van der Waals surface area contributed by atoms with Crippen LogP contribution in [-0.4, -0.2) is 78.1 Å². The molecule has 1 fully saturated rings. The lowest BCUT2D eigenvalue weighted by Gasteiger charge is -2.39. The van der Waals surface area contributed by atoms with Gasteiger partial charge >= 0.3 is 0 Å². The van der Waals surface area contributed by atoms with Gasteiger partial charge in [-0.15, -0.1) is 0 Å². The van der Waals surface area contributed by atoms with Crippen LogP contribution in [0.4, 0.5) is 4.39 Å². The zero-order valence-corrected chi connectivity index (χ0v) is 27.2. The maximum absolute atomic E-state index is 14.7. The van der Waals surface area contributed by atoms with Crippen molar-refractivity contribution in [1.29, 1.82) is 0 Å². The van der Waals surface area contributed by atoms with E-state index in [1.54, 1.807) is 55.5 Å². The highest BCUT2D eigenvalue weighted by Gasteiger charge is 2.35. The molecule has 3 aromatic carbocycles. The maximum atomic E-state index is 14.7. The summed E-state index contributed by atoms with van der Waals surface area (Å²) in [6, 6.07) is 18.5. The average Bonchev–Trinajstić information content (AvgIpc) is 3.10. The molecule has 2 atom stereocenters. The summed E-state index contributed by atoms with van der Waals surface area (Å²) in [6.07, 6.45) is -0.380. The molecule has 4 aromatic rings. The number of aryl methyl sites for hydroxylation is 1. The highest BCUT2D eigenvalue weighted by atomic mass is 19.1. The highest BCUT2D eigenvalue weighted by molar-refractivity contribution is 5.97. The fourth-order valence-electron chi connectivity index (χ4n) is 5.75. The summed E-state index contributed by atoms with van der Waals surface area (Å²) in [6.45, 7) is 1.48. The molecular formula is C36H35FN4O9. The highest BCUT2D eigenvalue weighted by Crippen LogP contribution is 2.33. The molecule has 260 valence electrons. The summed E-state index contributed by atoms with van der Waals surface area (Å²) >= 11 is 0. The van der Waals surface area contributed by atoms with Crippen LogP contribution in [0.2, 0.25) is 0 Å². The van der Waals surface area contributed by atoms with Crippen LogP contribution in [0.3, 0.4) is 0 Å². The number of fused-ring (bicyclic) bond motifs is 8. The molecule has 2 aliphatic rings. The Morgan fingerprint density at radius 1 is 1.02 bits per heavy atom. The number of rotatable bonds is 2. The standard InChI is InChI=1S/C35H33FN4O7.CH2O2/c1-20-6-8-27(34(43)38-20)35(44)40-11-10-31-29(18-40)39-33(42)23-7-9-30(45-2)28(15-23)22-4-3-5-25(14-22)46-19-32(41)37-17-21-12-24(36)16-26(13-21)47-31;2-1-3/h3-9,12-16,29,31H,10-11,17-19H2,1-2H3,(H,37,41)(H,38,43)(H,39,42);1H,(H,2,3)/t29-,31-;/m1./s1. The molecule has 3 amide bonds. The van der Waals surface area contributed by atoms with Crippen LogP contribution in [0.25, 0.3) is 11.1 Å². The van der Waals surface area contributed by atoms with E-state index in [0.29, 0.717) is 39.4 Å². The number of hydrogen-bond acceptors (Lipinski definition) is 8. The molecule has 0 aliphatic carbocycles. The van der Waals surface area contributed by atoms with Crippen molar-refractivity contribution in [2.75, 3.05) is 26.8 Å². The van der Waals surface area contributed by atoms with Crippen molar-refractivity contribution < 1.29 is 42.9 Å². The number of amides is 3. The lowest BCUT2D eigenvalue weighted by molar-refractivity contribution is -0.123. The predicted octanol–water partition coefficient (Wildman–Crippen LogP) is 3.30. The van der Waals surface area contributed by atoms with E-state index in [4.69, 9.17) is 24.1 Å². The Morgan fingerprint density at radius 3 is 2.58 bits per heavy atom. The zero-order valence-electron chi connectivity index (χ0n) is 27.2. The number of hydrogen-bond donors (Lipinski definition) is 4. The van der Waals surface area contributed by atoms with Gasteiger partial charge in [-0.2, -0.15) is 0 Å². The number of piperidine rings is 1. The first-order valence-electron chi connectivity index (χ1n) is 15.6. The summed E-state index contributed by atoms with van der Waals surface area (Å²) in [4.78, 5) is 65.0. The minimum atomic E-state index is -0.736. The Hall–Kier alpha value is -6.18. The van der Waals surface area contributed by atoms with Crippen LogP contribution in [0.1, 0.15) is 38.4 Å². The van der Waals surface area contributed by atoms with Gasteiger partial charge in [0.15, 0.2) is 6.61 Å². The number of carbonyl (C=O) groups excluding carboxylic acids is 3. The van der Waals surface area contributed by atoms with Crippen molar-refractivity contribution in [3.05, 3.63) is 111 Å². The molecule has 1 saturated heterocycles. The first-order valence-corrected chi connectivity index (χ1v) is 15.6. The molecule has 1 aromatic heterocycles. The van der Waals surface area contributed by atoms with E-state index in [1.807, 2.05) is 6.07 Å². The number of H-pyrrole nitrogens is 1. The second-order valence-electron chi connectivity index (χ2n) is 11.6. The van der Waals surface area contributed by atoms with Gasteiger partial charge in [0, 0.05) is 48.9 Å². The number of nitrogens with zero attached hydrogens (tertiary/aromatic N) is 1. The number of carbonyl (C=O) groups is 4. The largest absolute Gasteiger partial charge is 0.496 e. The van der Waals surface area contributed by atoms with Crippen LogP contribution in [0, 0.1) is 12.7 Å². The number of carboxylic acid groups (broad SMARTS) is 1. The van der Waals surface area contributed by atoms with Crippen LogP contribution >= 0.6 is 0 Å². The SMILES string of the molecule is COc1ccc2cc1-c1cccc(c1)OCC(=O)NCc1cc(F)cc(c1)O[C@@H]1CCN(C(=O)c3ccc(C)[nH]c3=O)C[C@H]1NC2=O.O=CO. The molecule has 0 unspecified atom stereocenters. The summed E-state index contributed by atoms with van der Waals surface area (Å²) in [5.41, 5.74) is 2.19. The molecule has 13 nitrogen and oxygen atoms in total. The zero-order chi connectivity index (χ0) is 35.8. The molecular weight excluding hydrogens is 651 g/mol. The monoisotopic (exact) mass is 686 g/mol. The molecule has 6 bridgehead atoms. The van der Waals surface area contributed by atoms with Crippen molar-refractivity contribution >= 4 is 24.2 Å². The summed E-state index contributed by atoms with van der Waals surface area (Å²) in [5, 5.41) is 12.6. The van der Waals surface area contributed by atoms with Crippen molar-refractivity contribution in [2.24, 2.45) is 0 Å². The Labute approximate surface area is 286 Å². The number of ether oxygens (including phenoxy) is 3. The van der Waals surface area contributed by atoms with Crippen LogP contribution < -0.4 is 30.4 Å². The number of aromatic nitrogens is 1. The molecule has 6 rings (SSSR count). The van der Waals surface area contributed by atoms with Gasteiger partial charge in [0.25, 0.3) is 29.8 Å². The van der Waals surface area contributed by atoms with Crippen molar-refractivity contribution in [3.8, 4) is 28.4 Å². The van der Waals surface area contributed by atoms with Crippen LogP contribution in [0.15, 0.2) is 77.6 Å². The van der Waals surface area contributed by atoms with Gasteiger partial charge in [0.1, 0.15) is 34.7 Å². The van der Waals surface area contributed by atoms with E-state index in [2.05, 4.69) is 15.6 Å². The molecule has 3 heterocycles. The Bertz CT molecular complexity index is 1960. The van der Waals surface area contributed by atoms with E-state index < -0.39 is 41.2 Å². The fourth-order valence-corrected chi connectivity index (χ4v) is 5.75. The number of nitrogens with one attached hydrogen (secondary N) is 3. The predicted molar refractivity (Wildman–Crippen MR) is 179 cm³/mol. The summed E-state index contributed by atoms with van der Waals surface area (Å²) in [7, 11) is 1.52. The van der Waals surface area contributed by atoms with E-state index in [-0.39, 0.29) is 50.4 Å². The summed E-state index contributed by atoms with van der Waals surface area (Å²) in [5.74, 6) is -0.742. The molecule has 2 aliphatic heterocycles. The Morgan fingerprint density at radius 2 is 1.82 bits per heavy atom. The van der Waals surface area contributed by atoms with E-state index in [1.165, 1.54) is 30.2 Å². The van der Waals surface area contributed by atoms with Crippen LogP contribution in [-0.2, 0) is 16.1 Å². The van der Waals surface area contributed by atoms with Crippen molar-refractivity contribution in [2.45, 2.75) is 32.0 Å². The van der Waals surface area contributed by atoms with E-state index in [0.717, 1.165) is 0 Å². The Kier molecular flexibility index (Phi) is 11.1. The van der Waals surface area contributed by atoms with Gasteiger partial charge in [-0.05, 0) is 72.6 Å². The lowest BCUT2D eigenvalue weighted by Crippen LogP contribution is -2.58. The lowest BCUT2D eigenvalue weighted by atomic mass is 9.98. The second-order valence-corrected chi connectivity index (χ2v) is 11.6. The number of pyridine rings is 1. The van der Waals surface area contributed by atoms with Crippen molar-refractivity contribution in [1.82, 2.24) is 20.5 Å². The number of likely N-dealkylation sites (tertiary alicyclic amines) is 1. The Balaban J connectivity index is 0.00000156. The average molecular weight is 687 g/mol. The number of benzene rings is 3. The second kappa shape index (κ2) is 15.8. The first kappa shape index (κ1) is 35.1. The number of aromatic amines is 1. The van der Waals surface area contributed by atoms with Crippen molar-refractivity contribution in [3.63, 3.8) is 0 Å². The fraction of sp³-hybridized carbons (Fsp3) is 0.250. The quantitative estimate of drug-likeness (QED) is 0.231. The number of halogens is 1. The first-order chi connectivity index (χ1) is 24.1. The third-order valence-electron chi connectivity index (χ3n) is 8.12. The van der Waals surface area contributed by atoms with Gasteiger partial charge in [-0.3, -0.25) is 24.0 Å². The molecule has 0 saturated carbocycles. The topological polar surface area (TPSA) is 176 Å². The van der Waals surface area contributed by atoms with Gasteiger partial charge in [0.2, 0.25) is 0 Å². The normalized spacial score (nSPS) is 17.3. The third-order valence-corrected chi connectivity index (χ3v) is 8.12. The van der Waals surface area contributed by atoms with Crippen LogP contribution in [0.5, 0.6) is 17.2 Å². The minimum Gasteiger partial charge on any atom is -0.496 e. The van der Waals surface area contributed by atoms with E-state index in [9.17, 15) is 23.6 Å². The minimum absolute atomic E-state index is 0.0137. The van der Waals surface area contributed by atoms with Gasteiger partial charge < -0.3 is 39.8 Å². The molecule has 50 heavy (non-hydrogen) atoms. The molecule has 0 radical (unpaired) electrons. The summed E-state index contributed by atoms with van der Waals surface area (Å²) < 4.78 is 32.3. The molecule has 0 spiro atoms. The number of methoxy groups -OCH3 is 1. The van der Waals surface area contributed by atoms with Gasteiger partial charge in [-0.1, -0.05) is 12.1 Å². The molecule has 14 heteroatoms. The maximum Gasteiger partial charge on any atom is 0.290 e. The van der Waals surface area contributed by atoms with E-state index >= 15 is 0 Å².